The number of carbonyl (C=O) groups excluding carboxylic acids is 1. The van der Waals surface area contributed by atoms with E-state index in [1.54, 1.807) is 12.3 Å². The first-order valence-corrected chi connectivity index (χ1v) is 13.6. The van der Waals surface area contributed by atoms with Crippen molar-refractivity contribution in [2.24, 2.45) is 0 Å². The number of esters is 1. The number of rotatable bonds is 7. The molecule has 0 saturated carbocycles. The second kappa shape index (κ2) is 11.3. The molecule has 5 aromatic rings. The number of benzene rings is 3. The van der Waals surface area contributed by atoms with Gasteiger partial charge in [-0.15, -0.1) is 0 Å². The Bertz CT molecular complexity index is 1680. The average molecular weight is 561 g/mol. The average Bonchev–Trinajstić information content (AvgIpc) is 3.63. The predicted octanol–water partition coefficient (Wildman–Crippen LogP) is 6.94. The summed E-state index contributed by atoms with van der Waals surface area (Å²) in [6.45, 7) is 2.05. The first kappa shape index (κ1) is 26.3. The number of carbonyl (C=O) groups is 1. The van der Waals surface area contributed by atoms with Crippen LogP contribution in [-0.2, 0) is 4.74 Å². The lowest BCUT2D eigenvalue weighted by molar-refractivity contribution is 0.0600. The molecule has 1 saturated heterocycles. The topological polar surface area (TPSA) is 68.6 Å². The van der Waals surface area contributed by atoms with Crippen molar-refractivity contribution in [2.75, 3.05) is 12.0 Å². The Labute approximate surface area is 244 Å². The minimum Gasteiger partial charge on any atom is -0.465 e. The zero-order valence-electron chi connectivity index (χ0n) is 22.6. The number of nitrogens with one attached hydrogen (secondary N) is 1. The van der Waals surface area contributed by atoms with Gasteiger partial charge in [0, 0.05) is 23.8 Å². The summed E-state index contributed by atoms with van der Waals surface area (Å²) >= 11 is 5.92. The molecule has 2 aromatic heterocycles. The highest BCUT2D eigenvalue weighted by Gasteiger charge is 2.42. The lowest BCUT2D eigenvalue weighted by atomic mass is 10.0. The van der Waals surface area contributed by atoms with Crippen molar-refractivity contribution in [1.29, 1.82) is 0 Å². The number of nitrogens with zero attached hydrogens (tertiary/aromatic N) is 3. The molecule has 7 nitrogen and oxygen atoms in total. The van der Waals surface area contributed by atoms with Gasteiger partial charge in [0.25, 0.3) is 0 Å². The zero-order chi connectivity index (χ0) is 28.3. The highest BCUT2D eigenvalue weighted by molar-refractivity contribution is 7.80. The van der Waals surface area contributed by atoms with E-state index in [1.807, 2.05) is 115 Å². The monoisotopic (exact) mass is 560 g/mol. The van der Waals surface area contributed by atoms with Crippen molar-refractivity contribution < 1.29 is 14.3 Å². The molecular formula is C33H28N4O3S. The maximum Gasteiger partial charge on any atom is 0.339 e. The van der Waals surface area contributed by atoms with Crippen LogP contribution in [0.5, 0.6) is 11.5 Å². The largest absolute Gasteiger partial charge is 0.465 e. The van der Waals surface area contributed by atoms with Gasteiger partial charge < -0.3 is 24.3 Å². The molecule has 0 aliphatic carbocycles. The Kier molecular flexibility index (Phi) is 7.22. The highest BCUT2D eigenvalue weighted by Crippen LogP contribution is 2.43. The van der Waals surface area contributed by atoms with Crippen molar-refractivity contribution in [3.8, 4) is 17.2 Å². The van der Waals surface area contributed by atoms with Crippen LogP contribution in [0.4, 0.5) is 5.69 Å². The second-order valence-corrected chi connectivity index (χ2v) is 10.1. The minimum absolute atomic E-state index is 0.244. The molecule has 204 valence electrons. The third-order valence-electron chi connectivity index (χ3n) is 7.12. The molecule has 1 N–H and O–H groups in total. The molecule has 0 unspecified atom stereocenters. The molecule has 2 atom stereocenters. The second-order valence-electron chi connectivity index (χ2n) is 9.72. The van der Waals surface area contributed by atoms with Gasteiger partial charge in [0.05, 0.1) is 30.1 Å². The van der Waals surface area contributed by atoms with Crippen LogP contribution in [0.1, 0.15) is 39.4 Å². The summed E-state index contributed by atoms with van der Waals surface area (Å²) in [5, 5.41) is 4.08. The van der Waals surface area contributed by atoms with Gasteiger partial charge in [-0.2, -0.15) is 0 Å². The van der Waals surface area contributed by atoms with Gasteiger partial charge in [-0.25, -0.2) is 4.79 Å². The molecule has 1 fully saturated rings. The summed E-state index contributed by atoms with van der Waals surface area (Å²) in [5.41, 5.74) is 5.06. The third-order valence-corrected chi connectivity index (χ3v) is 7.44. The molecule has 1 aliphatic heterocycles. The maximum atomic E-state index is 12.7. The quantitative estimate of drug-likeness (QED) is 0.171. The van der Waals surface area contributed by atoms with Crippen molar-refractivity contribution in [1.82, 2.24) is 14.9 Å². The van der Waals surface area contributed by atoms with E-state index in [2.05, 4.69) is 15.2 Å². The third kappa shape index (κ3) is 5.17. The molecule has 0 spiro atoms. The first-order chi connectivity index (χ1) is 20.0. The summed E-state index contributed by atoms with van der Waals surface area (Å²) in [7, 11) is 1.39. The van der Waals surface area contributed by atoms with Crippen LogP contribution in [0, 0.1) is 6.92 Å². The lowest BCUT2D eigenvalue weighted by Gasteiger charge is -2.29. The normalized spacial score (nSPS) is 16.3. The van der Waals surface area contributed by atoms with Gasteiger partial charge in [-0.05, 0) is 91.9 Å². The number of hydrogen-bond acceptors (Lipinski definition) is 5. The number of hydrogen-bond donors (Lipinski definition) is 1. The molecule has 3 aromatic carbocycles. The number of anilines is 1. The van der Waals surface area contributed by atoms with Gasteiger partial charge in [0.1, 0.15) is 17.5 Å². The van der Waals surface area contributed by atoms with Crippen LogP contribution >= 0.6 is 12.2 Å². The first-order valence-electron chi connectivity index (χ1n) is 13.2. The molecule has 0 amide bonds. The Morgan fingerprint density at radius 3 is 2.29 bits per heavy atom. The Hall–Kier alpha value is -4.95. The smallest absolute Gasteiger partial charge is 0.339 e. The van der Waals surface area contributed by atoms with Crippen LogP contribution in [0.2, 0.25) is 0 Å². The molecule has 3 heterocycles. The standard InChI is InChI=1S/C33H28N4O3S/c1-22-12-16-24(17-13-22)40-25-18-14-23(15-19-25)37-31(30(35-33(37)41)27-9-5-6-20-34-27)29-11-7-21-36(29)28-10-4-3-8-26(28)32(38)39-2/h3-21,30-31H,1-2H3,(H,35,41)/t30-,31-/m0/s1. The van der Waals surface area contributed by atoms with Crippen molar-refractivity contribution in [3.63, 3.8) is 0 Å². The fourth-order valence-electron chi connectivity index (χ4n) is 5.17. The maximum absolute atomic E-state index is 12.7. The molecule has 0 radical (unpaired) electrons. The van der Waals surface area contributed by atoms with E-state index in [-0.39, 0.29) is 12.1 Å². The van der Waals surface area contributed by atoms with E-state index >= 15 is 0 Å². The molecule has 8 heteroatoms. The van der Waals surface area contributed by atoms with E-state index in [1.165, 1.54) is 12.7 Å². The number of para-hydroxylation sites is 1. The van der Waals surface area contributed by atoms with Crippen molar-refractivity contribution in [3.05, 3.63) is 138 Å². The summed E-state index contributed by atoms with van der Waals surface area (Å²) in [6.07, 6.45) is 3.73. The summed E-state index contributed by atoms with van der Waals surface area (Å²) in [6, 6.07) is 32.6. The van der Waals surface area contributed by atoms with Crippen molar-refractivity contribution >= 4 is 29.0 Å². The van der Waals surface area contributed by atoms with E-state index in [9.17, 15) is 4.79 Å². The highest BCUT2D eigenvalue weighted by atomic mass is 32.1. The number of ether oxygens (including phenoxy) is 2. The van der Waals surface area contributed by atoms with Gasteiger partial charge >= 0.3 is 5.97 Å². The van der Waals surface area contributed by atoms with Gasteiger partial charge in [0.15, 0.2) is 5.11 Å². The Morgan fingerprint density at radius 1 is 0.878 bits per heavy atom. The number of aryl methyl sites for hydroxylation is 1. The predicted molar refractivity (Wildman–Crippen MR) is 163 cm³/mol. The van der Waals surface area contributed by atoms with Crippen LogP contribution < -0.4 is 15.0 Å². The van der Waals surface area contributed by atoms with E-state index in [4.69, 9.17) is 21.7 Å². The molecule has 0 bridgehead atoms. The van der Waals surface area contributed by atoms with Gasteiger partial charge in [-0.3, -0.25) is 4.98 Å². The number of pyridine rings is 1. The number of aromatic nitrogens is 2. The summed E-state index contributed by atoms with van der Waals surface area (Å²) in [4.78, 5) is 19.4. The summed E-state index contributed by atoms with van der Waals surface area (Å²) < 4.78 is 13.2. The van der Waals surface area contributed by atoms with Gasteiger partial charge in [0.2, 0.25) is 0 Å². The fourth-order valence-corrected chi connectivity index (χ4v) is 5.52. The molecular weight excluding hydrogens is 532 g/mol. The summed E-state index contributed by atoms with van der Waals surface area (Å²) in [5.74, 6) is 1.10. The van der Waals surface area contributed by atoms with Gasteiger partial charge in [-0.1, -0.05) is 35.9 Å². The zero-order valence-corrected chi connectivity index (χ0v) is 23.4. The van der Waals surface area contributed by atoms with Crippen molar-refractivity contribution in [2.45, 2.75) is 19.0 Å². The van der Waals surface area contributed by atoms with Crippen LogP contribution in [0.15, 0.2) is 116 Å². The van der Waals surface area contributed by atoms with Crippen LogP contribution in [-0.4, -0.2) is 27.7 Å². The minimum atomic E-state index is -0.400. The Balaban J connectivity index is 1.41. The molecule has 1 aliphatic rings. The molecule has 41 heavy (non-hydrogen) atoms. The fraction of sp³-hybridized carbons (Fsp3) is 0.121. The van der Waals surface area contributed by atoms with E-state index in [0.29, 0.717) is 10.7 Å². The van der Waals surface area contributed by atoms with Crippen LogP contribution in [0.25, 0.3) is 5.69 Å². The van der Waals surface area contributed by atoms with E-state index < -0.39 is 5.97 Å². The SMILES string of the molecule is COC(=O)c1ccccc1-n1cccc1[C@H]1[C@H](c2ccccn2)NC(=S)N1c1ccc(Oc2ccc(C)cc2)cc1. The van der Waals surface area contributed by atoms with Crippen LogP contribution in [0.3, 0.4) is 0 Å². The Morgan fingerprint density at radius 2 is 1.59 bits per heavy atom. The molecule has 6 rings (SSSR count). The van der Waals surface area contributed by atoms with E-state index in [0.717, 1.165) is 34.3 Å². The lowest BCUT2D eigenvalue weighted by Crippen LogP contribution is -2.30. The number of methoxy groups -OCH3 is 1. The number of thiocarbonyl (C=S) groups is 1.